The molecule has 1 amide bonds. The molecule has 2 N–H and O–H groups in total. The minimum Gasteiger partial charge on any atom is -0.268 e. The molecule has 1 aliphatic rings. The second-order valence-electron chi connectivity index (χ2n) is 6.69. The van der Waals surface area contributed by atoms with Crippen LogP contribution in [0, 0.1) is 0 Å². The molecule has 0 unspecified atom stereocenters. The number of para-hydroxylation sites is 1. The second kappa shape index (κ2) is 9.09. The van der Waals surface area contributed by atoms with E-state index in [9.17, 15) is 13.2 Å². The molecular weight excluding hydrogens is 489 g/mol. The first-order chi connectivity index (χ1) is 15.2. The Bertz CT molecular complexity index is 1360. The quantitative estimate of drug-likeness (QED) is 0.479. The fourth-order valence-corrected chi connectivity index (χ4v) is 4.90. The number of amides is 1. The molecule has 1 saturated heterocycles. The summed E-state index contributed by atoms with van der Waals surface area (Å²) in [6.45, 7) is 0. The highest BCUT2D eigenvalue weighted by atomic mass is 35.5. The standard InChI is InChI=1S/C22H15Cl2N3O3S2/c23-15-7-6-14(19(24)13-15)12-20-21(28)27(17-4-2-1-3-5-17)22(31-20)26-16-8-10-18(11-9-16)32(25,29)30/h1-13H,(H2,25,29,30)/b20-12?,26-22-. The zero-order valence-corrected chi connectivity index (χ0v) is 19.4. The summed E-state index contributed by atoms with van der Waals surface area (Å²) >= 11 is 13.4. The molecule has 0 aliphatic carbocycles. The van der Waals surface area contributed by atoms with Crippen LogP contribution in [0.2, 0.25) is 10.0 Å². The average molecular weight is 504 g/mol. The van der Waals surface area contributed by atoms with Gasteiger partial charge in [0.25, 0.3) is 5.91 Å². The maximum atomic E-state index is 13.3. The van der Waals surface area contributed by atoms with E-state index < -0.39 is 10.0 Å². The second-order valence-corrected chi connectivity index (χ2v) is 10.1. The monoisotopic (exact) mass is 503 g/mol. The van der Waals surface area contributed by atoms with E-state index in [2.05, 4.69) is 4.99 Å². The van der Waals surface area contributed by atoms with Crippen LogP contribution in [0.15, 0.2) is 87.6 Å². The van der Waals surface area contributed by atoms with E-state index in [1.807, 2.05) is 18.2 Å². The van der Waals surface area contributed by atoms with Crippen LogP contribution in [0.4, 0.5) is 11.4 Å². The zero-order chi connectivity index (χ0) is 22.9. The first-order valence-electron chi connectivity index (χ1n) is 9.18. The number of carbonyl (C=O) groups excluding carboxylic acids is 1. The van der Waals surface area contributed by atoms with E-state index in [1.165, 1.54) is 40.9 Å². The molecule has 3 aromatic carbocycles. The zero-order valence-electron chi connectivity index (χ0n) is 16.3. The van der Waals surface area contributed by atoms with Crippen LogP contribution in [-0.2, 0) is 14.8 Å². The van der Waals surface area contributed by atoms with Crippen LogP contribution in [-0.4, -0.2) is 19.5 Å². The SMILES string of the molecule is NS(=O)(=O)c1ccc(/N=C2\SC(=Cc3ccc(Cl)cc3Cl)C(=O)N2c2ccccc2)cc1. The number of halogens is 2. The Morgan fingerprint density at radius 3 is 2.28 bits per heavy atom. The molecule has 3 aromatic rings. The number of nitrogens with zero attached hydrogens (tertiary/aromatic N) is 2. The Morgan fingerprint density at radius 1 is 0.969 bits per heavy atom. The normalized spacial score (nSPS) is 16.8. The van der Waals surface area contributed by atoms with Gasteiger partial charge in [-0.2, -0.15) is 0 Å². The lowest BCUT2D eigenvalue weighted by molar-refractivity contribution is -0.113. The Kier molecular flexibility index (Phi) is 6.41. The van der Waals surface area contributed by atoms with E-state index >= 15 is 0 Å². The molecule has 0 bridgehead atoms. The third-order valence-electron chi connectivity index (χ3n) is 4.46. The number of rotatable bonds is 4. The van der Waals surface area contributed by atoms with Crippen molar-refractivity contribution in [1.82, 2.24) is 0 Å². The van der Waals surface area contributed by atoms with Gasteiger partial charge < -0.3 is 0 Å². The fourth-order valence-electron chi connectivity index (χ4n) is 2.93. The highest BCUT2D eigenvalue weighted by Crippen LogP contribution is 2.38. The van der Waals surface area contributed by atoms with Crippen LogP contribution < -0.4 is 10.0 Å². The topological polar surface area (TPSA) is 92.8 Å². The lowest BCUT2D eigenvalue weighted by Gasteiger charge is -2.15. The van der Waals surface area contributed by atoms with Crippen LogP contribution in [0.3, 0.4) is 0 Å². The molecule has 0 radical (unpaired) electrons. The molecule has 1 heterocycles. The fraction of sp³-hybridized carbons (Fsp3) is 0. The summed E-state index contributed by atoms with van der Waals surface area (Å²) in [5, 5.41) is 6.49. The van der Waals surface area contributed by atoms with Gasteiger partial charge in [-0.25, -0.2) is 18.5 Å². The Balaban J connectivity index is 1.76. The van der Waals surface area contributed by atoms with Gasteiger partial charge in [0, 0.05) is 10.0 Å². The summed E-state index contributed by atoms with van der Waals surface area (Å²) in [7, 11) is -3.81. The van der Waals surface area contributed by atoms with Gasteiger partial charge in [-0.3, -0.25) is 9.69 Å². The van der Waals surface area contributed by atoms with Gasteiger partial charge in [0.15, 0.2) is 5.17 Å². The van der Waals surface area contributed by atoms with Gasteiger partial charge >= 0.3 is 0 Å². The Labute approximate surface area is 199 Å². The molecule has 6 nitrogen and oxygen atoms in total. The van der Waals surface area contributed by atoms with Crippen molar-refractivity contribution in [2.75, 3.05) is 4.90 Å². The summed E-state index contributed by atoms with van der Waals surface area (Å²) in [5.74, 6) is -0.257. The number of sulfonamides is 1. The number of anilines is 1. The number of hydrogen-bond acceptors (Lipinski definition) is 5. The van der Waals surface area contributed by atoms with Crippen molar-refractivity contribution in [3.05, 3.63) is 93.3 Å². The van der Waals surface area contributed by atoms with E-state index in [0.717, 1.165) is 0 Å². The maximum absolute atomic E-state index is 13.3. The number of nitrogens with two attached hydrogens (primary N) is 1. The third-order valence-corrected chi connectivity index (χ3v) is 6.92. The van der Waals surface area contributed by atoms with E-state index in [-0.39, 0.29) is 10.8 Å². The highest BCUT2D eigenvalue weighted by molar-refractivity contribution is 8.19. The molecule has 1 aliphatic heterocycles. The van der Waals surface area contributed by atoms with E-state index in [0.29, 0.717) is 37.1 Å². The van der Waals surface area contributed by atoms with Crippen LogP contribution in [0.1, 0.15) is 5.56 Å². The van der Waals surface area contributed by atoms with Gasteiger partial charge in [-0.05, 0) is 71.9 Å². The van der Waals surface area contributed by atoms with Crippen molar-refractivity contribution in [3.8, 4) is 0 Å². The molecule has 32 heavy (non-hydrogen) atoms. The first-order valence-corrected chi connectivity index (χ1v) is 12.3. The largest absolute Gasteiger partial charge is 0.271 e. The number of benzene rings is 3. The summed E-state index contributed by atoms with van der Waals surface area (Å²) in [6.07, 6.45) is 1.69. The van der Waals surface area contributed by atoms with E-state index in [1.54, 1.807) is 36.4 Å². The van der Waals surface area contributed by atoms with Crippen molar-refractivity contribution >= 4 is 73.5 Å². The third kappa shape index (κ3) is 4.90. The minimum atomic E-state index is -3.81. The average Bonchev–Trinajstić information content (AvgIpc) is 3.05. The summed E-state index contributed by atoms with van der Waals surface area (Å²) < 4.78 is 23.0. The number of primary sulfonamides is 1. The van der Waals surface area contributed by atoms with Crippen LogP contribution >= 0.6 is 35.0 Å². The summed E-state index contributed by atoms with van der Waals surface area (Å²) in [4.78, 5) is 19.7. The molecule has 0 saturated carbocycles. The Hall–Kier alpha value is -2.62. The molecule has 0 aromatic heterocycles. The van der Waals surface area contributed by atoms with Crippen molar-refractivity contribution in [3.63, 3.8) is 0 Å². The number of amidine groups is 1. The van der Waals surface area contributed by atoms with Crippen molar-refractivity contribution < 1.29 is 13.2 Å². The number of thioether (sulfide) groups is 1. The molecular formula is C22H15Cl2N3O3S2. The van der Waals surface area contributed by atoms with Gasteiger partial charge in [0.05, 0.1) is 21.2 Å². The lowest BCUT2D eigenvalue weighted by atomic mass is 10.2. The number of carbonyl (C=O) groups is 1. The maximum Gasteiger partial charge on any atom is 0.271 e. The van der Waals surface area contributed by atoms with Gasteiger partial charge in [0.1, 0.15) is 0 Å². The Morgan fingerprint density at radius 2 is 1.66 bits per heavy atom. The predicted molar refractivity (Wildman–Crippen MR) is 131 cm³/mol. The highest BCUT2D eigenvalue weighted by Gasteiger charge is 2.34. The predicted octanol–water partition coefficient (Wildman–Crippen LogP) is 5.45. The van der Waals surface area contributed by atoms with E-state index in [4.69, 9.17) is 28.3 Å². The smallest absolute Gasteiger partial charge is 0.268 e. The van der Waals surface area contributed by atoms with Crippen LogP contribution in [0.5, 0.6) is 0 Å². The lowest BCUT2D eigenvalue weighted by Crippen LogP contribution is -2.28. The molecule has 0 atom stereocenters. The first kappa shape index (κ1) is 22.6. The summed E-state index contributed by atoms with van der Waals surface area (Å²) in [6, 6.07) is 19.9. The molecule has 10 heteroatoms. The van der Waals surface area contributed by atoms with Gasteiger partial charge in [-0.1, -0.05) is 47.5 Å². The van der Waals surface area contributed by atoms with Crippen molar-refractivity contribution in [1.29, 1.82) is 0 Å². The van der Waals surface area contributed by atoms with Crippen molar-refractivity contribution in [2.24, 2.45) is 10.1 Å². The molecule has 1 fully saturated rings. The van der Waals surface area contributed by atoms with Crippen molar-refractivity contribution in [2.45, 2.75) is 4.90 Å². The number of aliphatic imine (C=N–C) groups is 1. The van der Waals surface area contributed by atoms with Crippen LogP contribution in [0.25, 0.3) is 6.08 Å². The molecule has 4 rings (SSSR count). The number of hydrogen-bond donors (Lipinski definition) is 1. The summed E-state index contributed by atoms with van der Waals surface area (Å²) in [5.41, 5.74) is 1.77. The van der Waals surface area contributed by atoms with Gasteiger partial charge in [-0.15, -0.1) is 0 Å². The minimum absolute atomic E-state index is 0.0190. The molecule has 0 spiro atoms. The van der Waals surface area contributed by atoms with Gasteiger partial charge in [0.2, 0.25) is 10.0 Å². The molecule has 162 valence electrons.